The Balaban J connectivity index is 1.99. The number of aryl methyl sites for hydroxylation is 1. The van der Waals surface area contributed by atoms with Gasteiger partial charge in [-0.2, -0.15) is 5.10 Å². The second kappa shape index (κ2) is 9.97. The van der Waals surface area contributed by atoms with Gasteiger partial charge < -0.3 is 15.2 Å². The maximum Gasteiger partial charge on any atom is 0.332 e. The first-order chi connectivity index (χ1) is 12.9. The van der Waals surface area contributed by atoms with Gasteiger partial charge in [0.05, 0.1) is 6.21 Å². The number of halogens is 1. The van der Waals surface area contributed by atoms with Crippen molar-refractivity contribution < 1.29 is 14.3 Å². The number of nitrogens with one attached hydrogen (secondary N) is 1. The molecule has 0 saturated carbocycles. The Kier molecular flexibility index (Phi) is 7.67. The summed E-state index contributed by atoms with van der Waals surface area (Å²) < 4.78 is 12.6. The Bertz CT molecular complexity index is 822. The average Bonchev–Trinajstić information content (AvgIpc) is 2.59. The molecule has 0 fully saturated rings. The normalized spacial score (nSPS) is 11.0. The van der Waals surface area contributed by atoms with Crippen LogP contribution in [0.3, 0.4) is 0 Å². The van der Waals surface area contributed by atoms with Crippen molar-refractivity contribution in [2.45, 2.75) is 26.7 Å². The number of nitrogens with two attached hydrogens (primary N) is 1. The maximum atomic E-state index is 10.7. The number of primary amides is 1. The molecule has 2 aromatic carbocycles. The van der Waals surface area contributed by atoms with Crippen molar-refractivity contribution in [3.63, 3.8) is 0 Å². The SMILES string of the molecule is Cc1ccc(C(C)C)c(OCCOc2ccc(Br)cc2C=NNC(N)=O)c1. The van der Waals surface area contributed by atoms with Gasteiger partial charge in [0.15, 0.2) is 0 Å². The minimum atomic E-state index is -0.726. The topological polar surface area (TPSA) is 85.9 Å². The molecule has 0 radical (unpaired) electrons. The van der Waals surface area contributed by atoms with Gasteiger partial charge in [-0.3, -0.25) is 0 Å². The summed E-state index contributed by atoms with van der Waals surface area (Å²) in [5.41, 5.74) is 10.2. The summed E-state index contributed by atoms with van der Waals surface area (Å²) in [5, 5.41) is 3.78. The predicted molar refractivity (Wildman–Crippen MR) is 111 cm³/mol. The van der Waals surface area contributed by atoms with Crippen molar-refractivity contribution in [1.29, 1.82) is 0 Å². The molecular weight excluding hydrogens is 410 g/mol. The molecule has 0 unspecified atom stereocenters. The largest absolute Gasteiger partial charge is 0.490 e. The van der Waals surface area contributed by atoms with Crippen LogP contribution in [0.4, 0.5) is 4.79 Å². The zero-order valence-electron chi connectivity index (χ0n) is 15.7. The molecule has 2 aromatic rings. The monoisotopic (exact) mass is 433 g/mol. The second-order valence-corrected chi connectivity index (χ2v) is 7.22. The molecular formula is C20H24BrN3O3. The standard InChI is InChI=1S/C20H24BrN3O3/c1-13(2)17-6-4-14(3)10-19(17)27-9-8-26-18-7-5-16(21)11-15(18)12-23-24-20(22)25/h4-7,10-13H,8-9H2,1-3H3,(H3,22,24,25). The van der Waals surface area contributed by atoms with E-state index < -0.39 is 6.03 Å². The molecule has 0 saturated heterocycles. The van der Waals surface area contributed by atoms with Crippen LogP contribution in [-0.4, -0.2) is 25.5 Å². The number of nitrogens with zero attached hydrogens (tertiary/aromatic N) is 1. The van der Waals surface area contributed by atoms with E-state index in [0.717, 1.165) is 15.8 Å². The second-order valence-electron chi connectivity index (χ2n) is 6.31. The van der Waals surface area contributed by atoms with E-state index in [0.29, 0.717) is 30.4 Å². The van der Waals surface area contributed by atoms with Crippen LogP contribution in [-0.2, 0) is 0 Å². The lowest BCUT2D eigenvalue weighted by atomic mass is 10.0. The Morgan fingerprint density at radius 2 is 1.89 bits per heavy atom. The number of hydrogen-bond donors (Lipinski definition) is 2. The molecule has 0 heterocycles. The first kappa shape index (κ1) is 20.8. The van der Waals surface area contributed by atoms with Gasteiger partial charge in [-0.1, -0.05) is 41.9 Å². The average molecular weight is 434 g/mol. The quantitative estimate of drug-likeness (QED) is 0.368. The molecule has 144 valence electrons. The highest BCUT2D eigenvalue weighted by Gasteiger charge is 2.09. The van der Waals surface area contributed by atoms with Crippen LogP contribution >= 0.6 is 15.9 Å². The number of hydrogen-bond acceptors (Lipinski definition) is 4. The van der Waals surface area contributed by atoms with Crippen molar-refractivity contribution >= 4 is 28.2 Å². The molecule has 27 heavy (non-hydrogen) atoms. The third kappa shape index (κ3) is 6.60. The van der Waals surface area contributed by atoms with Gasteiger partial charge in [0.2, 0.25) is 0 Å². The summed E-state index contributed by atoms with van der Waals surface area (Å²) in [6.07, 6.45) is 1.48. The molecule has 0 aromatic heterocycles. The van der Waals surface area contributed by atoms with Gasteiger partial charge >= 0.3 is 6.03 Å². The lowest BCUT2D eigenvalue weighted by Gasteiger charge is -2.15. The lowest BCUT2D eigenvalue weighted by Crippen LogP contribution is -2.24. The summed E-state index contributed by atoms with van der Waals surface area (Å²) in [7, 11) is 0. The fourth-order valence-electron chi connectivity index (χ4n) is 2.46. The van der Waals surface area contributed by atoms with Gasteiger partial charge in [0.25, 0.3) is 0 Å². The number of hydrazone groups is 1. The summed E-state index contributed by atoms with van der Waals surface area (Å²) >= 11 is 3.40. The van der Waals surface area contributed by atoms with Gasteiger partial charge in [-0.25, -0.2) is 10.2 Å². The third-order valence-corrected chi connectivity index (χ3v) is 4.23. The van der Waals surface area contributed by atoms with Gasteiger partial charge in [-0.15, -0.1) is 0 Å². The van der Waals surface area contributed by atoms with E-state index in [1.165, 1.54) is 11.8 Å². The molecule has 0 aliphatic heterocycles. The van der Waals surface area contributed by atoms with E-state index in [4.69, 9.17) is 15.2 Å². The highest BCUT2D eigenvalue weighted by molar-refractivity contribution is 9.10. The van der Waals surface area contributed by atoms with Crippen LogP contribution in [0.15, 0.2) is 46.0 Å². The molecule has 0 aliphatic carbocycles. The van der Waals surface area contributed by atoms with Gasteiger partial charge in [0.1, 0.15) is 24.7 Å². The van der Waals surface area contributed by atoms with Crippen LogP contribution in [0.5, 0.6) is 11.5 Å². The van der Waals surface area contributed by atoms with Crippen LogP contribution in [0.1, 0.15) is 36.5 Å². The Morgan fingerprint density at radius 1 is 1.19 bits per heavy atom. The molecule has 0 atom stereocenters. The molecule has 0 spiro atoms. The molecule has 2 amide bonds. The van der Waals surface area contributed by atoms with Crippen molar-refractivity contribution in [3.8, 4) is 11.5 Å². The molecule has 7 heteroatoms. The van der Waals surface area contributed by atoms with Crippen LogP contribution in [0, 0.1) is 6.92 Å². The number of amides is 2. The predicted octanol–water partition coefficient (Wildman–Crippen LogP) is 4.34. The van der Waals surface area contributed by atoms with Crippen molar-refractivity contribution in [1.82, 2.24) is 5.43 Å². The van der Waals surface area contributed by atoms with Crippen molar-refractivity contribution in [2.75, 3.05) is 13.2 Å². The molecule has 0 aliphatic rings. The van der Waals surface area contributed by atoms with Crippen LogP contribution in [0.25, 0.3) is 0 Å². The lowest BCUT2D eigenvalue weighted by molar-refractivity contribution is 0.215. The van der Waals surface area contributed by atoms with Crippen molar-refractivity contribution in [2.24, 2.45) is 10.8 Å². The highest BCUT2D eigenvalue weighted by Crippen LogP contribution is 2.27. The summed E-state index contributed by atoms with van der Waals surface area (Å²) in [4.78, 5) is 10.7. The zero-order valence-corrected chi connectivity index (χ0v) is 17.2. The maximum absolute atomic E-state index is 10.7. The molecule has 0 bridgehead atoms. The number of urea groups is 1. The van der Waals surface area contributed by atoms with Gasteiger partial charge in [0, 0.05) is 10.0 Å². The van der Waals surface area contributed by atoms with E-state index in [9.17, 15) is 4.79 Å². The Morgan fingerprint density at radius 3 is 2.56 bits per heavy atom. The number of ether oxygens (including phenoxy) is 2. The third-order valence-electron chi connectivity index (χ3n) is 3.74. The van der Waals surface area contributed by atoms with E-state index in [1.54, 1.807) is 0 Å². The number of carbonyl (C=O) groups is 1. The highest BCUT2D eigenvalue weighted by atomic mass is 79.9. The number of rotatable bonds is 8. The summed E-state index contributed by atoms with van der Waals surface area (Å²) in [6, 6.07) is 11.0. The Labute approximate surface area is 167 Å². The van der Waals surface area contributed by atoms with Gasteiger partial charge in [-0.05, 0) is 48.2 Å². The summed E-state index contributed by atoms with van der Waals surface area (Å²) in [5.74, 6) is 1.90. The molecule has 3 N–H and O–H groups in total. The minimum Gasteiger partial charge on any atom is -0.490 e. The summed E-state index contributed by atoms with van der Waals surface area (Å²) in [6.45, 7) is 7.11. The number of benzene rings is 2. The van der Waals surface area contributed by atoms with E-state index >= 15 is 0 Å². The number of carbonyl (C=O) groups excluding carboxylic acids is 1. The first-order valence-corrected chi connectivity index (χ1v) is 9.40. The van der Waals surface area contributed by atoms with Crippen molar-refractivity contribution in [3.05, 3.63) is 57.6 Å². The molecule has 6 nitrogen and oxygen atoms in total. The zero-order chi connectivity index (χ0) is 19.8. The fourth-order valence-corrected chi connectivity index (χ4v) is 2.84. The minimum absolute atomic E-state index is 0.372. The smallest absolute Gasteiger partial charge is 0.332 e. The van der Waals surface area contributed by atoms with Crippen LogP contribution in [0.2, 0.25) is 0 Å². The van der Waals surface area contributed by atoms with E-state index in [-0.39, 0.29) is 0 Å². The fraction of sp³-hybridized carbons (Fsp3) is 0.300. The van der Waals surface area contributed by atoms with E-state index in [1.807, 2.05) is 31.2 Å². The first-order valence-electron chi connectivity index (χ1n) is 8.61. The van der Waals surface area contributed by atoms with E-state index in [2.05, 4.69) is 52.4 Å². The molecule has 2 rings (SSSR count). The Hall–Kier alpha value is -2.54. The van der Waals surface area contributed by atoms with Crippen LogP contribution < -0.4 is 20.6 Å².